The van der Waals surface area contributed by atoms with E-state index in [0.29, 0.717) is 19.1 Å². The Morgan fingerprint density at radius 3 is 2.34 bits per heavy atom. The second-order valence-corrected chi connectivity index (χ2v) is 7.73. The van der Waals surface area contributed by atoms with Crippen molar-refractivity contribution in [1.82, 2.24) is 9.88 Å². The number of aromatic nitrogens is 1. The third kappa shape index (κ3) is 3.77. The van der Waals surface area contributed by atoms with Crippen molar-refractivity contribution in [2.45, 2.75) is 46.2 Å². The fourth-order valence-electron chi connectivity index (χ4n) is 4.02. The Hall–Kier alpha value is -2.72. The Bertz CT molecular complexity index is 973. The summed E-state index contributed by atoms with van der Waals surface area (Å²) in [6.45, 7) is 10.5. The maximum absolute atomic E-state index is 5.88. The summed E-state index contributed by atoms with van der Waals surface area (Å²) in [6, 6.07) is 17.6. The summed E-state index contributed by atoms with van der Waals surface area (Å²) in [4.78, 5) is 0. The molecule has 1 aliphatic rings. The molecule has 4 nitrogen and oxygen atoms in total. The van der Waals surface area contributed by atoms with Gasteiger partial charge in [0, 0.05) is 24.5 Å². The summed E-state index contributed by atoms with van der Waals surface area (Å²) in [5, 5.41) is 3.75. The van der Waals surface area contributed by atoms with Crippen LogP contribution in [0.5, 0.6) is 11.5 Å². The van der Waals surface area contributed by atoms with Crippen LogP contribution in [0.3, 0.4) is 0 Å². The number of nitrogens with one attached hydrogen (secondary N) is 1. The van der Waals surface area contributed by atoms with Crippen molar-refractivity contribution >= 4 is 0 Å². The van der Waals surface area contributed by atoms with Crippen molar-refractivity contribution in [3.63, 3.8) is 0 Å². The van der Waals surface area contributed by atoms with E-state index in [2.05, 4.69) is 78.5 Å². The molecule has 0 saturated carbocycles. The third-order valence-corrected chi connectivity index (χ3v) is 5.51. The fourth-order valence-corrected chi connectivity index (χ4v) is 4.02. The monoisotopic (exact) mass is 390 g/mol. The molecule has 0 bridgehead atoms. The smallest absolute Gasteiger partial charge is 0.163 e. The van der Waals surface area contributed by atoms with Gasteiger partial charge in [-0.05, 0) is 54.7 Å². The number of rotatable bonds is 6. The van der Waals surface area contributed by atoms with Crippen molar-refractivity contribution in [3.05, 3.63) is 77.1 Å². The Kier molecular flexibility index (Phi) is 5.63. The van der Waals surface area contributed by atoms with Crippen LogP contribution in [0, 0.1) is 0 Å². The second-order valence-electron chi connectivity index (χ2n) is 7.73. The van der Waals surface area contributed by atoms with E-state index in [0.717, 1.165) is 23.7 Å². The largest absolute Gasteiger partial charge is 0.490 e. The van der Waals surface area contributed by atoms with E-state index < -0.39 is 0 Å². The molecule has 1 aromatic heterocycles. The van der Waals surface area contributed by atoms with Crippen LogP contribution in [0.2, 0.25) is 0 Å². The molecule has 3 aromatic rings. The SMILES string of the molecule is CCOc1cc2c(cc1OCC)-n1cccc1[C@H](c1ccc(C(C)C)cc1)NC2. The second kappa shape index (κ2) is 8.34. The Morgan fingerprint density at radius 1 is 1.00 bits per heavy atom. The van der Waals surface area contributed by atoms with Crippen molar-refractivity contribution in [2.75, 3.05) is 13.2 Å². The van der Waals surface area contributed by atoms with Gasteiger partial charge in [0.25, 0.3) is 0 Å². The number of nitrogens with zero attached hydrogens (tertiary/aromatic N) is 1. The van der Waals surface area contributed by atoms with E-state index in [1.54, 1.807) is 0 Å². The lowest BCUT2D eigenvalue weighted by Crippen LogP contribution is -2.21. The molecular weight excluding hydrogens is 360 g/mol. The van der Waals surface area contributed by atoms with Gasteiger partial charge in [0.05, 0.1) is 24.9 Å². The minimum atomic E-state index is 0.129. The van der Waals surface area contributed by atoms with E-state index in [1.807, 2.05) is 13.8 Å². The molecule has 1 N–H and O–H groups in total. The van der Waals surface area contributed by atoms with Gasteiger partial charge in [-0.3, -0.25) is 0 Å². The predicted octanol–water partition coefficient (Wildman–Crippen LogP) is 5.59. The van der Waals surface area contributed by atoms with Crippen molar-refractivity contribution in [3.8, 4) is 17.2 Å². The third-order valence-electron chi connectivity index (χ3n) is 5.51. The van der Waals surface area contributed by atoms with E-state index in [4.69, 9.17) is 9.47 Å². The zero-order chi connectivity index (χ0) is 20.4. The molecular formula is C25H30N2O2. The zero-order valence-corrected chi connectivity index (χ0v) is 17.7. The molecule has 0 aliphatic carbocycles. The minimum absolute atomic E-state index is 0.129. The highest BCUT2D eigenvalue weighted by molar-refractivity contribution is 5.56. The molecule has 2 aromatic carbocycles. The molecule has 152 valence electrons. The average molecular weight is 391 g/mol. The van der Waals surface area contributed by atoms with Gasteiger partial charge >= 0.3 is 0 Å². The summed E-state index contributed by atoms with van der Waals surface area (Å²) in [5.74, 6) is 2.14. The van der Waals surface area contributed by atoms with Gasteiger partial charge in [-0.2, -0.15) is 0 Å². The zero-order valence-electron chi connectivity index (χ0n) is 17.7. The summed E-state index contributed by atoms with van der Waals surface area (Å²) < 4.78 is 14.0. The van der Waals surface area contributed by atoms with Crippen LogP contribution in [-0.4, -0.2) is 17.8 Å². The van der Waals surface area contributed by atoms with Gasteiger partial charge < -0.3 is 19.4 Å². The highest BCUT2D eigenvalue weighted by Gasteiger charge is 2.24. The van der Waals surface area contributed by atoms with Crippen LogP contribution in [0.4, 0.5) is 0 Å². The summed E-state index contributed by atoms with van der Waals surface area (Å²) in [6.07, 6.45) is 2.13. The number of fused-ring (bicyclic) bond motifs is 3. The molecule has 4 heteroatoms. The van der Waals surface area contributed by atoms with E-state index in [-0.39, 0.29) is 6.04 Å². The highest BCUT2D eigenvalue weighted by Crippen LogP contribution is 2.37. The molecule has 1 atom stereocenters. The first kappa shape index (κ1) is 19.6. The minimum Gasteiger partial charge on any atom is -0.490 e. The lowest BCUT2D eigenvalue weighted by atomic mass is 9.98. The van der Waals surface area contributed by atoms with E-state index in [1.165, 1.54) is 22.4 Å². The van der Waals surface area contributed by atoms with Gasteiger partial charge in [0.15, 0.2) is 11.5 Å². The maximum atomic E-state index is 5.88. The first-order valence-electron chi connectivity index (χ1n) is 10.6. The van der Waals surface area contributed by atoms with Gasteiger partial charge in [0.1, 0.15) is 0 Å². The van der Waals surface area contributed by atoms with Gasteiger partial charge in [-0.25, -0.2) is 0 Å². The van der Waals surface area contributed by atoms with Gasteiger partial charge in [0.2, 0.25) is 0 Å². The summed E-state index contributed by atoms with van der Waals surface area (Å²) >= 11 is 0. The Labute approximate surface area is 173 Å². The molecule has 2 heterocycles. The molecule has 0 radical (unpaired) electrons. The van der Waals surface area contributed by atoms with Crippen LogP contribution in [-0.2, 0) is 6.54 Å². The van der Waals surface area contributed by atoms with Crippen LogP contribution >= 0.6 is 0 Å². The van der Waals surface area contributed by atoms with Crippen LogP contribution < -0.4 is 14.8 Å². The first-order chi connectivity index (χ1) is 14.1. The summed E-state index contributed by atoms with van der Waals surface area (Å²) in [7, 11) is 0. The number of hydrogen-bond acceptors (Lipinski definition) is 3. The van der Waals surface area contributed by atoms with Crippen molar-refractivity contribution in [2.24, 2.45) is 0 Å². The lowest BCUT2D eigenvalue weighted by Gasteiger charge is -2.19. The normalized spacial score (nSPS) is 15.6. The number of benzene rings is 2. The topological polar surface area (TPSA) is 35.4 Å². The molecule has 0 saturated heterocycles. The highest BCUT2D eigenvalue weighted by atomic mass is 16.5. The molecule has 0 amide bonds. The maximum Gasteiger partial charge on any atom is 0.163 e. The lowest BCUT2D eigenvalue weighted by molar-refractivity contribution is 0.287. The van der Waals surface area contributed by atoms with Crippen LogP contribution in [0.25, 0.3) is 5.69 Å². The van der Waals surface area contributed by atoms with E-state index in [9.17, 15) is 0 Å². The fraction of sp³-hybridized carbons (Fsp3) is 0.360. The van der Waals surface area contributed by atoms with E-state index >= 15 is 0 Å². The standard InChI is InChI=1S/C25H30N2O2/c1-5-28-23-14-20-16-26-25(19-11-9-18(10-12-19)17(3)4)21-8-7-13-27(21)22(20)15-24(23)29-6-2/h7-15,17,25-26H,5-6,16H2,1-4H3/t25-/m0/s1. The van der Waals surface area contributed by atoms with Crippen LogP contribution in [0.15, 0.2) is 54.7 Å². The summed E-state index contributed by atoms with van der Waals surface area (Å²) in [5.41, 5.74) is 6.22. The predicted molar refractivity (Wildman–Crippen MR) is 117 cm³/mol. The van der Waals surface area contributed by atoms with Crippen LogP contribution in [0.1, 0.15) is 62.0 Å². The van der Waals surface area contributed by atoms with Crippen molar-refractivity contribution in [1.29, 1.82) is 0 Å². The number of hydrogen-bond donors (Lipinski definition) is 1. The molecule has 4 rings (SSSR count). The molecule has 29 heavy (non-hydrogen) atoms. The van der Waals surface area contributed by atoms with Gasteiger partial charge in [-0.15, -0.1) is 0 Å². The number of ether oxygens (including phenoxy) is 2. The quantitative estimate of drug-likeness (QED) is 0.596. The molecule has 0 fully saturated rings. The van der Waals surface area contributed by atoms with Gasteiger partial charge in [-0.1, -0.05) is 38.1 Å². The molecule has 1 aliphatic heterocycles. The molecule has 0 spiro atoms. The molecule has 0 unspecified atom stereocenters. The van der Waals surface area contributed by atoms with Crippen molar-refractivity contribution < 1.29 is 9.47 Å². The average Bonchev–Trinajstić information content (AvgIpc) is 3.14. The first-order valence-corrected chi connectivity index (χ1v) is 10.6. The Balaban J connectivity index is 1.76. The Morgan fingerprint density at radius 2 is 1.69 bits per heavy atom.